The minimum absolute atomic E-state index is 0.138. The van der Waals surface area contributed by atoms with Gasteiger partial charge in [-0.25, -0.2) is 4.98 Å². The number of benzene rings is 2. The first-order valence-corrected chi connectivity index (χ1v) is 11.8. The van der Waals surface area contributed by atoms with Gasteiger partial charge in [-0.15, -0.1) is 11.3 Å². The van der Waals surface area contributed by atoms with Gasteiger partial charge in [-0.1, -0.05) is 47.6 Å². The first-order chi connectivity index (χ1) is 16.1. The predicted octanol–water partition coefficient (Wildman–Crippen LogP) is 4.65. The lowest BCUT2D eigenvalue weighted by atomic mass is 9.77. The molecule has 1 aliphatic rings. The number of hydrogen-bond acceptors (Lipinski definition) is 7. The molecular formula is C25H24N4O3S. The SMILES string of the molecule is Cc1nc(-c2cccc(C(=O)NCC3(c4csc(-c5ccccc5)n4)CCOCC3)c2)no1. The summed E-state index contributed by atoms with van der Waals surface area (Å²) >= 11 is 1.64. The van der Waals surface area contributed by atoms with Crippen LogP contribution in [0.3, 0.4) is 0 Å². The number of thiazole rings is 1. The lowest BCUT2D eigenvalue weighted by molar-refractivity contribution is 0.0475. The van der Waals surface area contributed by atoms with E-state index in [0.717, 1.165) is 34.7 Å². The molecule has 1 fully saturated rings. The highest BCUT2D eigenvalue weighted by Crippen LogP contribution is 2.37. The Morgan fingerprint density at radius 3 is 2.61 bits per heavy atom. The molecule has 0 radical (unpaired) electrons. The maximum Gasteiger partial charge on any atom is 0.251 e. The molecule has 8 heteroatoms. The number of aryl methyl sites for hydroxylation is 1. The number of carbonyl (C=O) groups excluding carboxylic acids is 1. The van der Waals surface area contributed by atoms with Crippen molar-refractivity contribution in [1.82, 2.24) is 20.4 Å². The molecule has 1 amide bonds. The number of hydrogen-bond donors (Lipinski definition) is 1. The van der Waals surface area contributed by atoms with Crippen molar-refractivity contribution in [2.45, 2.75) is 25.2 Å². The highest BCUT2D eigenvalue weighted by Gasteiger charge is 2.37. The maximum atomic E-state index is 13.1. The summed E-state index contributed by atoms with van der Waals surface area (Å²) in [6.07, 6.45) is 1.63. The third-order valence-electron chi connectivity index (χ3n) is 6.02. The van der Waals surface area contributed by atoms with Gasteiger partial charge in [0.05, 0.1) is 5.69 Å². The van der Waals surface area contributed by atoms with Gasteiger partial charge in [0.1, 0.15) is 5.01 Å². The number of nitrogens with zero attached hydrogens (tertiary/aromatic N) is 3. The zero-order valence-electron chi connectivity index (χ0n) is 18.3. The Bertz CT molecular complexity index is 1250. The molecule has 1 saturated heterocycles. The van der Waals surface area contributed by atoms with E-state index in [-0.39, 0.29) is 11.3 Å². The normalized spacial score (nSPS) is 15.3. The minimum Gasteiger partial charge on any atom is -0.381 e. The largest absolute Gasteiger partial charge is 0.381 e. The predicted molar refractivity (Wildman–Crippen MR) is 126 cm³/mol. The van der Waals surface area contributed by atoms with Crippen molar-refractivity contribution in [2.75, 3.05) is 19.8 Å². The van der Waals surface area contributed by atoms with Crippen molar-refractivity contribution in [1.29, 1.82) is 0 Å². The van der Waals surface area contributed by atoms with E-state index in [1.54, 1.807) is 30.4 Å². The standard InChI is InChI=1S/C25H24N4O3S/c1-17-27-22(29-32-17)19-8-5-9-20(14-19)23(30)26-16-25(10-12-31-13-11-25)21-15-33-24(28-21)18-6-3-2-4-7-18/h2-9,14-15H,10-13,16H2,1H3,(H,26,30). The molecule has 5 rings (SSSR count). The van der Waals surface area contributed by atoms with E-state index in [1.165, 1.54) is 0 Å². The lowest BCUT2D eigenvalue weighted by Gasteiger charge is -2.36. The molecule has 2 aromatic carbocycles. The van der Waals surface area contributed by atoms with Gasteiger partial charge in [0, 0.05) is 54.2 Å². The maximum absolute atomic E-state index is 13.1. The smallest absolute Gasteiger partial charge is 0.251 e. The van der Waals surface area contributed by atoms with Gasteiger partial charge < -0.3 is 14.6 Å². The van der Waals surface area contributed by atoms with Crippen molar-refractivity contribution in [3.63, 3.8) is 0 Å². The van der Waals surface area contributed by atoms with Crippen LogP contribution >= 0.6 is 11.3 Å². The van der Waals surface area contributed by atoms with Crippen LogP contribution in [0.2, 0.25) is 0 Å². The van der Waals surface area contributed by atoms with E-state index in [2.05, 4.69) is 33.0 Å². The average molecular weight is 461 g/mol. The van der Waals surface area contributed by atoms with E-state index >= 15 is 0 Å². The van der Waals surface area contributed by atoms with Crippen LogP contribution in [0.15, 0.2) is 64.5 Å². The lowest BCUT2D eigenvalue weighted by Crippen LogP contribution is -2.44. The molecule has 168 valence electrons. The highest BCUT2D eigenvalue weighted by atomic mass is 32.1. The Kier molecular flexibility index (Phi) is 6.02. The molecule has 0 spiro atoms. The van der Waals surface area contributed by atoms with Gasteiger partial charge in [-0.3, -0.25) is 4.79 Å². The van der Waals surface area contributed by atoms with Gasteiger partial charge in [-0.05, 0) is 25.0 Å². The summed E-state index contributed by atoms with van der Waals surface area (Å²) in [5.74, 6) is 0.819. The van der Waals surface area contributed by atoms with Crippen LogP contribution in [0.1, 0.15) is 34.8 Å². The van der Waals surface area contributed by atoms with Crippen LogP contribution in [-0.4, -0.2) is 40.8 Å². The molecule has 0 bridgehead atoms. The summed E-state index contributed by atoms with van der Waals surface area (Å²) in [5.41, 5.74) is 3.17. The van der Waals surface area contributed by atoms with Crippen LogP contribution in [-0.2, 0) is 10.2 Å². The van der Waals surface area contributed by atoms with Gasteiger partial charge >= 0.3 is 0 Å². The summed E-state index contributed by atoms with van der Waals surface area (Å²) in [7, 11) is 0. The van der Waals surface area contributed by atoms with E-state index in [9.17, 15) is 4.79 Å². The second-order valence-electron chi connectivity index (χ2n) is 8.20. The monoisotopic (exact) mass is 460 g/mol. The van der Waals surface area contributed by atoms with Gasteiger partial charge in [0.2, 0.25) is 11.7 Å². The quantitative estimate of drug-likeness (QED) is 0.451. The Morgan fingerprint density at radius 2 is 1.85 bits per heavy atom. The van der Waals surface area contributed by atoms with E-state index in [0.29, 0.717) is 37.0 Å². The van der Waals surface area contributed by atoms with Crippen molar-refractivity contribution < 1.29 is 14.1 Å². The van der Waals surface area contributed by atoms with Crippen LogP contribution in [0.4, 0.5) is 0 Å². The first kappa shape index (κ1) is 21.5. The van der Waals surface area contributed by atoms with Crippen LogP contribution < -0.4 is 5.32 Å². The summed E-state index contributed by atoms with van der Waals surface area (Å²) in [5, 5.41) is 10.2. The number of carbonyl (C=O) groups is 1. The number of rotatable bonds is 6. The molecule has 0 saturated carbocycles. The van der Waals surface area contributed by atoms with Gasteiger partial charge in [-0.2, -0.15) is 4.98 Å². The molecular weight excluding hydrogens is 436 g/mol. The molecule has 4 aromatic rings. The molecule has 7 nitrogen and oxygen atoms in total. The van der Waals surface area contributed by atoms with Crippen LogP contribution in [0.25, 0.3) is 22.0 Å². The van der Waals surface area contributed by atoms with Gasteiger partial charge in [0.25, 0.3) is 5.91 Å². The third kappa shape index (κ3) is 4.58. The van der Waals surface area contributed by atoms with Crippen LogP contribution in [0.5, 0.6) is 0 Å². The van der Waals surface area contributed by atoms with E-state index < -0.39 is 0 Å². The molecule has 1 aliphatic heterocycles. The van der Waals surface area contributed by atoms with E-state index in [4.69, 9.17) is 14.2 Å². The third-order valence-corrected chi connectivity index (χ3v) is 6.91. The Balaban J connectivity index is 1.35. The van der Waals surface area contributed by atoms with Crippen molar-refractivity contribution >= 4 is 17.2 Å². The van der Waals surface area contributed by atoms with Gasteiger partial charge in [0.15, 0.2) is 0 Å². The van der Waals surface area contributed by atoms with Crippen molar-refractivity contribution in [2.24, 2.45) is 0 Å². The average Bonchev–Trinajstić information content (AvgIpc) is 3.54. The molecule has 0 unspecified atom stereocenters. The van der Waals surface area contributed by atoms with E-state index in [1.807, 2.05) is 30.3 Å². The fraction of sp³-hybridized carbons (Fsp3) is 0.280. The minimum atomic E-state index is -0.250. The first-order valence-electron chi connectivity index (χ1n) is 10.9. The topological polar surface area (TPSA) is 90.1 Å². The number of nitrogens with one attached hydrogen (secondary N) is 1. The highest BCUT2D eigenvalue weighted by molar-refractivity contribution is 7.13. The summed E-state index contributed by atoms with van der Waals surface area (Å²) in [6, 6.07) is 17.4. The fourth-order valence-electron chi connectivity index (χ4n) is 4.08. The molecule has 0 atom stereocenters. The Morgan fingerprint density at radius 1 is 1.06 bits per heavy atom. The molecule has 1 N–H and O–H groups in total. The zero-order chi connectivity index (χ0) is 22.7. The Hall–Kier alpha value is -3.36. The van der Waals surface area contributed by atoms with Crippen molar-refractivity contribution in [3.05, 3.63) is 77.1 Å². The summed E-state index contributed by atoms with van der Waals surface area (Å²) < 4.78 is 10.7. The number of ether oxygens (including phenoxy) is 1. The Labute approximate surface area is 195 Å². The summed E-state index contributed by atoms with van der Waals surface area (Å²) in [4.78, 5) is 22.3. The fourth-order valence-corrected chi connectivity index (χ4v) is 5.03. The number of aromatic nitrogens is 3. The second kappa shape index (κ2) is 9.25. The molecule has 33 heavy (non-hydrogen) atoms. The zero-order valence-corrected chi connectivity index (χ0v) is 19.1. The van der Waals surface area contributed by atoms with Crippen LogP contribution in [0, 0.1) is 6.92 Å². The second-order valence-corrected chi connectivity index (χ2v) is 9.06. The molecule has 2 aromatic heterocycles. The molecule has 0 aliphatic carbocycles. The number of amides is 1. The summed E-state index contributed by atoms with van der Waals surface area (Å²) in [6.45, 7) is 3.54. The van der Waals surface area contributed by atoms with Crippen molar-refractivity contribution in [3.8, 4) is 22.0 Å². The molecule has 3 heterocycles.